The summed E-state index contributed by atoms with van der Waals surface area (Å²) in [6.07, 6.45) is 0. The lowest BCUT2D eigenvalue weighted by molar-refractivity contribution is -0.387. The van der Waals surface area contributed by atoms with Crippen molar-refractivity contribution in [1.29, 1.82) is 0 Å². The Balaban J connectivity index is 3.38. The van der Waals surface area contributed by atoms with E-state index in [0.717, 1.165) is 16.4 Å². The molecule has 0 saturated heterocycles. The van der Waals surface area contributed by atoms with Gasteiger partial charge in [-0.05, 0) is 12.1 Å². The zero-order chi connectivity index (χ0) is 16.0. The molecule has 1 rings (SSSR count). The SMILES string of the molecule is NNc1ccc(S(=O)(=O)N(CCO)CCO)c([N+](=O)[O-])c1. The average Bonchev–Trinajstić information content (AvgIpc) is 2.46. The van der Waals surface area contributed by atoms with Crippen molar-refractivity contribution in [3.05, 3.63) is 28.3 Å². The fourth-order valence-corrected chi connectivity index (χ4v) is 3.24. The first kappa shape index (κ1) is 17.3. The van der Waals surface area contributed by atoms with Gasteiger partial charge in [0.05, 0.1) is 23.8 Å². The molecule has 0 atom stereocenters. The maximum Gasteiger partial charge on any atom is 0.291 e. The van der Waals surface area contributed by atoms with Crippen LogP contribution in [0.5, 0.6) is 0 Å². The molecular formula is C10H16N4O6S. The highest BCUT2D eigenvalue weighted by molar-refractivity contribution is 7.89. The zero-order valence-electron chi connectivity index (χ0n) is 11.0. The lowest BCUT2D eigenvalue weighted by Gasteiger charge is -2.20. The van der Waals surface area contributed by atoms with Crippen LogP contribution in [0.15, 0.2) is 23.1 Å². The second kappa shape index (κ2) is 7.28. The summed E-state index contributed by atoms with van der Waals surface area (Å²) in [6, 6.07) is 3.31. The second-order valence-corrected chi connectivity index (χ2v) is 5.84. The number of aliphatic hydroxyl groups excluding tert-OH is 2. The van der Waals surface area contributed by atoms with Gasteiger partial charge in [0.1, 0.15) is 0 Å². The van der Waals surface area contributed by atoms with Crippen LogP contribution in [0.2, 0.25) is 0 Å². The standard InChI is InChI=1S/C10H16N4O6S/c11-12-8-1-2-10(9(7-8)14(17)18)21(19,20)13(3-5-15)4-6-16/h1-2,7,12,15-16H,3-6,11H2. The fraction of sp³-hybridized carbons (Fsp3) is 0.400. The van der Waals surface area contributed by atoms with Crippen LogP contribution in [-0.2, 0) is 10.0 Å². The van der Waals surface area contributed by atoms with E-state index in [1.54, 1.807) is 0 Å². The molecule has 21 heavy (non-hydrogen) atoms. The largest absolute Gasteiger partial charge is 0.395 e. The molecule has 11 heteroatoms. The summed E-state index contributed by atoms with van der Waals surface area (Å²) in [5.74, 6) is 5.13. The number of hydrogen-bond donors (Lipinski definition) is 4. The van der Waals surface area contributed by atoms with E-state index >= 15 is 0 Å². The summed E-state index contributed by atoms with van der Waals surface area (Å²) in [6.45, 7) is -1.52. The number of anilines is 1. The summed E-state index contributed by atoms with van der Waals surface area (Å²) in [4.78, 5) is 9.65. The number of benzene rings is 1. The Bertz CT molecular complexity index is 600. The quantitative estimate of drug-likeness (QED) is 0.265. The molecule has 1 aromatic rings. The maximum absolute atomic E-state index is 12.4. The number of hydrazine groups is 1. The van der Waals surface area contributed by atoms with Crippen LogP contribution in [-0.4, -0.2) is 54.2 Å². The lowest BCUT2D eigenvalue weighted by Crippen LogP contribution is -2.36. The number of nitro benzene ring substituents is 1. The van der Waals surface area contributed by atoms with Gasteiger partial charge in [-0.25, -0.2) is 8.42 Å². The Morgan fingerprint density at radius 3 is 2.29 bits per heavy atom. The van der Waals surface area contributed by atoms with E-state index in [0.29, 0.717) is 0 Å². The van der Waals surface area contributed by atoms with Crippen molar-refractivity contribution in [2.45, 2.75) is 4.90 Å². The van der Waals surface area contributed by atoms with Gasteiger partial charge in [-0.2, -0.15) is 4.31 Å². The Labute approximate surface area is 121 Å². The second-order valence-electron chi connectivity index (χ2n) is 3.94. The molecule has 0 aliphatic heterocycles. The molecule has 0 aliphatic carbocycles. The van der Waals surface area contributed by atoms with Gasteiger partial charge in [-0.15, -0.1) is 0 Å². The van der Waals surface area contributed by atoms with Gasteiger partial charge in [-0.1, -0.05) is 0 Å². The molecule has 0 bridgehead atoms. The Morgan fingerprint density at radius 1 is 1.29 bits per heavy atom. The minimum absolute atomic E-state index is 0.177. The van der Waals surface area contributed by atoms with Crippen LogP contribution in [0.1, 0.15) is 0 Å². The normalized spacial score (nSPS) is 11.6. The van der Waals surface area contributed by atoms with Crippen molar-refractivity contribution in [1.82, 2.24) is 4.31 Å². The minimum atomic E-state index is -4.22. The maximum atomic E-state index is 12.4. The summed E-state index contributed by atoms with van der Waals surface area (Å²) in [5, 5.41) is 28.8. The first-order valence-electron chi connectivity index (χ1n) is 5.85. The van der Waals surface area contributed by atoms with Gasteiger partial charge in [0.15, 0.2) is 4.90 Å². The van der Waals surface area contributed by atoms with Crippen molar-refractivity contribution < 1.29 is 23.6 Å². The lowest BCUT2D eigenvalue weighted by atomic mass is 10.3. The molecule has 118 valence electrons. The number of nitro groups is 1. The van der Waals surface area contributed by atoms with E-state index in [1.807, 2.05) is 0 Å². The van der Waals surface area contributed by atoms with E-state index in [-0.39, 0.29) is 18.8 Å². The van der Waals surface area contributed by atoms with Crippen molar-refractivity contribution in [2.24, 2.45) is 5.84 Å². The summed E-state index contributed by atoms with van der Waals surface area (Å²) >= 11 is 0. The van der Waals surface area contributed by atoms with Gasteiger partial charge in [-0.3, -0.25) is 16.0 Å². The smallest absolute Gasteiger partial charge is 0.291 e. The van der Waals surface area contributed by atoms with Crippen LogP contribution in [0.4, 0.5) is 11.4 Å². The number of nitrogens with zero attached hydrogens (tertiary/aromatic N) is 2. The molecule has 0 amide bonds. The summed E-state index contributed by atoms with van der Waals surface area (Å²) in [5.41, 5.74) is 1.72. The number of aliphatic hydroxyl groups is 2. The van der Waals surface area contributed by atoms with E-state index in [2.05, 4.69) is 5.43 Å². The zero-order valence-corrected chi connectivity index (χ0v) is 11.8. The van der Waals surface area contributed by atoms with E-state index < -0.39 is 38.7 Å². The number of nitrogen functional groups attached to an aromatic ring is 1. The molecule has 0 aliphatic rings. The first-order chi connectivity index (χ1) is 9.88. The monoisotopic (exact) mass is 320 g/mol. The predicted octanol–water partition coefficient (Wildman–Crippen LogP) is -1.14. The van der Waals surface area contributed by atoms with Gasteiger partial charge in [0.25, 0.3) is 5.69 Å². The van der Waals surface area contributed by atoms with E-state index in [1.165, 1.54) is 6.07 Å². The van der Waals surface area contributed by atoms with Crippen LogP contribution in [0.3, 0.4) is 0 Å². The average molecular weight is 320 g/mol. The van der Waals surface area contributed by atoms with Crippen molar-refractivity contribution in [3.8, 4) is 0 Å². The molecule has 0 heterocycles. The van der Waals surface area contributed by atoms with Crippen LogP contribution in [0, 0.1) is 10.1 Å². The summed E-state index contributed by atoms with van der Waals surface area (Å²) < 4.78 is 25.5. The fourth-order valence-electron chi connectivity index (χ4n) is 1.68. The van der Waals surface area contributed by atoms with Gasteiger partial charge in [0, 0.05) is 19.2 Å². The number of hydrogen-bond acceptors (Lipinski definition) is 8. The molecule has 5 N–H and O–H groups in total. The Kier molecular flexibility index (Phi) is 5.99. The highest BCUT2D eigenvalue weighted by Gasteiger charge is 2.31. The third kappa shape index (κ3) is 3.86. The van der Waals surface area contributed by atoms with Gasteiger partial charge < -0.3 is 15.6 Å². The third-order valence-corrected chi connectivity index (χ3v) is 4.58. The third-order valence-electron chi connectivity index (χ3n) is 2.64. The topological polar surface area (TPSA) is 159 Å². The predicted molar refractivity (Wildman–Crippen MR) is 73.8 cm³/mol. The highest BCUT2D eigenvalue weighted by Crippen LogP contribution is 2.29. The van der Waals surface area contributed by atoms with Gasteiger partial charge in [0.2, 0.25) is 10.0 Å². The van der Waals surface area contributed by atoms with Crippen molar-refractivity contribution in [3.63, 3.8) is 0 Å². The molecule has 0 fully saturated rings. The number of nitrogens with one attached hydrogen (secondary N) is 1. The van der Waals surface area contributed by atoms with Crippen LogP contribution < -0.4 is 11.3 Å². The molecule has 0 spiro atoms. The molecular weight excluding hydrogens is 304 g/mol. The number of rotatable bonds is 8. The van der Waals surface area contributed by atoms with Crippen LogP contribution >= 0.6 is 0 Å². The van der Waals surface area contributed by atoms with E-state index in [9.17, 15) is 18.5 Å². The van der Waals surface area contributed by atoms with Crippen molar-refractivity contribution >= 4 is 21.4 Å². The van der Waals surface area contributed by atoms with Crippen molar-refractivity contribution in [2.75, 3.05) is 31.7 Å². The molecule has 1 aromatic carbocycles. The molecule has 0 saturated carbocycles. The summed E-state index contributed by atoms with van der Waals surface area (Å²) in [7, 11) is -4.22. The Morgan fingerprint density at radius 2 is 1.86 bits per heavy atom. The minimum Gasteiger partial charge on any atom is -0.395 e. The molecule has 0 radical (unpaired) electrons. The molecule has 0 aromatic heterocycles. The Hall–Kier alpha value is -1.79. The molecule has 0 unspecified atom stereocenters. The van der Waals surface area contributed by atoms with E-state index in [4.69, 9.17) is 16.1 Å². The highest BCUT2D eigenvalue weighted by atomic mass is 32.2. The molecule has 10 nitrogen and oxygen atoms in total. The van der Waals surface area contributed by atoms with Crippen LogP contribution in [0.25, 0.3) is 0 Å². The van der Waals surface area contributed by atoms with Gasteiger partial charge >= 0.3 is 0 Å². The number of sulfonamides is 1. The number of nitrogens with two attached hydrogens (primary N) is 1. The first-order valence-corrected chi connectivity index (χ1v) is 7.29.